The van der Waals surface area contributed by atoms with Crippen LogP contribution in [0.15, 0.2) is 60.8 Å². The predicted molar refractivity (Wildman–Crippen MR) is 103 cm³/mol. The number of carbonyl (C=O) groups excluding carboxylic acids is 1. The number of amides is 1. The van der Waals surface area contributed by atoms with E-state index in [1.807, 2.05) is 24.3 Å². The van der Waals surface area contributed by atoms with Gasteiger partial charge in [-0.1, -0.05) is 48.5 Å². The van der Waals surface area contributed by atoms with Crippen LogP contribution in [-0.4, -0.2) is 34.2 Å². The first-order chi connectivity index (χ1) is 13.3. The first kappa shape index (κ1) is 17.3. The highest BCUT2D eigenvalue weighted by molar-refractivity contribution is 5.83. The van der Waals surface area contributed by atoms with Crippen LogP contribution in [0.3, 0.4) is 0 Å². The van der Waals surface area contributed by atoms with E-state index in [0.717, 1.165) is 0 Å². The van der Waals surface area contributed by atoms with Gasteiger partial charge in [0.25, 0.3) is 0 Å². The van der Waals surface area contributed by atoms with Gasteiger partial charge in [-0.25, -0.2) is 4.79 Å². The molecule has 2 N–H and O–H groups in total. The van der Waals surface area contributed by atoms with Gasteiger partial charge in [-0.3, -0.25) is 10.00 Å². The van der Waals surface area contributed by atoms with E-state index in [-0.39, 0.29) is 19.1 Å². The highest BCUT2D eigenvalue weighted by Gasteiger charge is 2.29. The molecule has 4 rings (SSSR count). The van der Waals surface area contributed by atoms with E-state index in [4.69, 9.17) is 9.84 Å². The quantitative estimate of drug-likeness (QED) is 0.701. The van der Waals surface area contributed by atoms with Crippen molar-refractivity contribution in [3.05, 3.63) is 71.9 Å². The van der Waals surface area contributed by atoms with Gasteiger partial charge in [0.1, 0.15) is 6.61 Å². The monoisotopic (exact) mass is 363 g/mol. The summed E-state index contributed by atoms with van der Waals surface area (Å²) in [7, 11) is 0. The molecule has 0 atom stereocenters. The van der Waals surface area contributed by atoms with E-state index in [1.54, 1.807) is 16.9 Å². The largest absolute Gasteiger partial charge is 0.448 e. The lowest BCUT2D eigenvalue weighted by Crippen LogP contribution is -2.18. The Kier molecular flexibility index (Phi) is 4.89. The van der Waals surface area contributed by atoms with Crippen LogP contribution < -0.4 is 5.32 Å². The summed E-state index contributed by atoms with van der Waals surface area (Å²) in [6, 6.07) is 18.2. The summed E-state index contributed by atoms with van der Waals surface area (Å²) in [5.74, 6) is 0.468. The average molecular weight is 363 g/mol. The highest BCUT2D eigenvalue weighted by Crippen LogP contribution is 2.44. The summed E-state index contributed by atoms with van der Waals surface area (Å²) in [5, 5.41) is 15.8. The minimum Gasteiger partial charge on any atom is -0.448 e. The van der Waals surface area contributed by atoms with Gasteiger partial charge in [-0.05, 0) is 28.7 Å². The number of nitrogens with one attached hydrogen (secondary N) is 1. The van der Waals surface area contributed by atoms with Crippen molar-refractivity contribution in [2.75, 3.05) is 18.5 Å². The number of aromatic nitrogens is 2. The Morgan fingerprint density at radius 2 is 1.74 bits per heavy atom. The number of hydrogen-bond donors (Lipinski definition) is 2. The van der Waals surface area contributed by atoms with E-state index in [0.29, 0.717) is 18.8 Å². The number of hydrogen-bond acceptors (Lipinski definition) is 4. The van der Waals surface area contributed by atoms with Crippen LogP contribution in [0.5, 0.6) is 0 Å². The third kappa shape index (κ3) is 3.57. The van der Waals surface area contributed by atoms with Crippen molar-refractivity contribution in [2.45, 2.75) is 18.9 Å². The molecule has 0 saturated heterocycles. The van der Waals surface area contributed by atoms with E-state index in [1.165, 1.54) is 22.3 Å². The number of ether oxygens (including phenoxy) is 1. The topological polar surface area (TPSA) is 76.4 Å². The van der Waals surface area contributed by atoms with Crippen LogP contribution in [0.2, 0.25) is 0 Å². The molecule has 0 saturated carbocycles. The van der Waals surface area contributed by atoms with Crippen LogP contribution in [-0.2, 0) is 11.3 Å². The number of aliphatic hydroxyl groups is 1. The lowest BCUT2D eigenvalue weighted by molar-refractivity contribution is 0.158. The standard InChI is InChI=1S/C21H21N3O3/c25-13-5-11-24-12-10-20(23-24)22-21(26)27-14-19-17-8-3-1-6-15(17)16-7-2-4-9-18(16)19/h1-4,6-10,12,19,25H,5,11,13-14H2,(H,22,23,26). The molecule has 2 aromatic carbocycles. The summed E-state index contributed by atoms with van der Waals surface area (Å²) in [6.07, 6.45) is 1.85. The molecule has 0 radical (unpaired) electrons. The van der Waals surface area contributed by atoms with E-state index in [2.05, 4.69) is 34.7 Å². The molecule has 0 bridgehead atoms. The Hall–Kier alpha value is -3.12. The predicted octanol–water partition coefficient (Wildman–Crippen LogP) is 3.63. The third-order valence-corrected chi connectivity index (χ3v) is 4.76. The van der Waals surface area contributed by atoms with E-state index in [9.17, 15) is 4.79 Å². The Bertz CT molecular complexity index is 906. The van der Waals surface area contributed by atoms with Crippen LogP contribution in [0.1, 0.15) is 23.5 Å². The molecule has 3 aromatic rings. The zero-order chi connectivity index (χ0) is 18.6. The fourth-order valence-electron chi connectivity index (χ4n) is 3.52. The maximum Gasteiger partial charge on any atom is 0.412 e. The van der Waals surface area contributed by atoms with Gasteiger partial charge in [-0.2, -0.15) is 5.10 Å². The molecule has 27 heavy (non-hydrogen) atoms. The summed E-state index contributed by atoms with van der Waals surface area (Å²) < 4.78 is 7.17. The number of rotatable bonds is 6. The normalized spacial score (nSPS) is 12.5. The van der Waals surface area contributed by atoms with Gasteiger partial charge in [0.15, 0.2) is 5.82 Å². The van der Waals surface area contributed by atoms with E-state index >= 15 is 0 Å². The lowest BCUT2D eigenvalue weighted by atomic mass is 9.98. The van der Waals surface area contributed by atoms with Crippen molar-refractivity contribution >= 4 is 11.9 Å². The number of benzene rings is 2. The first-order valence-corrected chi connectivity index (χ1v) is 9.02. The Morgan fingerprint density at radius 3 is 2.41 bits per heavy atom. The van der Waals surface area contributed by atoms with Gasteiger partial charge < -0.3 is 9.84 Å². The maximum absolute atomic E-state index is 12.2. The van der Waals surface area contributed by atoms with Crippen LogP contribution in [0, 0.1) is 0 Å². The summed E-state index contributed by atoms with van der Waals surface area (Å²) in [5.41, 5.74) is 4.76. The minimum absolute atomic E-state index is 0.0326. The number of carbonyl (C=O) groups is 1. The zero-order valence-electron chi connectivity index (χ0n) is 14.8. The Balaban J connectivity index is 1.41. The molecule has 1 aromatic heterocycles. The number of fused-ring (bicyclic) bond motifs is 3. The van der Waals surface area contributed by atoms with Crippen molar-refractivity contribution in [1.82, 2.24) is 9.78 Å². The fraction of sp³-hybridized carbons (Fsp3) is 0.238. The molecule has 0 spiro atoms. The average Bonchev–Trinajstić information content (AvgIpc) is 3.27. The summed E-state index contributed by atoms with van der Waals surface area (Å²) >= 11 is 0. The molecule has 1 heterocycles. The zero-order valence-corrected chi connectivity index (χ0v) is 14.8. The Labute approximate surface area is 157 Å². The smallest absolute Gasteiger partial charge is 0.412 e. The number of nitrogens with zero attached hydrogens (tertiary/aromatic N) is 2. The molecule has 6 nitrogen and oxygen atoms in total. The van der Waals surface area contributed by atoms with Gasteiger partial charge in [0.2, 0.25) is 0 Å². The SMILES string of the molecule is O=C(Nc1ccn(CCCO)n1)OCC1c2ccccc2-c2ccccc21. The lowest BCUT2D eigenvalue weighted by Gasteiger charge is -2.14. The van der Waals surface area contributed by atoms with Gasteiger partial charge in [0, 0.05) is 31.3 Å². The van der Waals surface area contributed by atoms with Crippen LogP contribution in [0.25, 0.3) is 11.1 Å². The fourth-order valence-corrected chi connectivity index (χ4v) is 3.52. The number of aliphatic hydroxyl groups excluding tert-OH is 1. The van der Waals surface area contributed by atoms with Gasteiger partial charge in [0.05, 0.1) is 0 Å². The van der Waals surface area contributed by atoms with Crippen molar-refractivity contribution in [3.63, 3.8) is 0 Å². The van der Waals surface area contributed by atoms with Crippen molar-refractivity contribution in [2.24, 2.45) is 0 Å². The Morgan fingerprint density at radius 1 is 1.07 bits per heavy atom. The van der Waals surface area contributed by atoms with E-state index < -0.39 is 6.09 Å². The second-order valence-corrected chi connectivity index (χ2v) is 6.49. The van der Waals surface area contributed by atoms with Crippen molar-refractivity contribution < 1.29 is 14.6 Å². The van der Waals surface area contributed by atoms with Gasteiger partial charge >= 0.3 is 6.09 Å². The molecule has 138 valence electrons. The van der Waals surface area contributed by atoms with Crippen LogP contribution in [0.4, 0.5) is 10.6 Å². The molecular weight excluding hydrogens is 342 g/mol. The summed E-state index contributed by atoms with van der Waals surface area (Å²) in [4.78, 5) is 12.2. The second-order valence-electron chi connectivity index (χ2n) is 6.49. The second kappa shape index (κ2) is 7.63. The number of aryl methyl sites for hydroxylation is 1. The van der Waals surface area contributed by atoms with Crippen molar-refractivity contribution in [1.29, 1.82) is 0 Å². The molecule has 0 unspecified atom stereocenters. The number of anilines is 1. The first-order valence-electron chi connectivity index (χ1n) is 9.02. The summed E-state index contributed by atoms with van der Waals surface area (Å²) in [6.45, 7) is 0.975. The third-order valence-electron chi connectivity index (χ3n) is 4.76. The molecule has 0 fully saturated rings. The molecular formula is C21H21N3O3. The molecule has 6 heteroatoms. The van der Waals surface area contributed by atoms with Gasteiger partial charge in [-0.15, -0.1) is 0 Å². The molecule has 1 amide bonds. The molecule has 0 aliphatic heterocycles. The molecule has 1 aliphatic carbocycles. The van der Waals surface area contributed by atoms with Crippen LogP contribution >= 0.6 is 0 Å². The molecule has 1 aliphatic rings. The highest BCUT2D eigenvalue weighted by atomic mass is 16.5. The van der Waals surface area contributed by atoms with Crippen molar-refractivity contribution in [3.8, 4) is 11.1 Å². The minimum atomic E-state index is -0.524. The maximum atomic E-state index is 12.2.